The van der Waals surface area contributed by atoms with Crippen LogP contribution >= 0.6 is 0 Å². The molecule has 1 saturated carbocycles. The van der Waals surface area contributed by atoms with E-state index in [2.05, 4.69) is 4.98 Å². The van der Waals surface area contributed by atoms with E-state index >= 15 is 0 Å². The third kappa shape index (κ3) is 3.64. The molecule has 1 aliphatic rings. The second-order valence-electron chi connectivity index (χ2n) is 5.34. The monoisotopic (exact) mass is 293 g/mol. The average Bonchev–Trinajstić information content (AvgIpc) is 2.53. The van der Waals surface area contributed by atoms with E-state index in [-0.39, 0.29) is 6.61 Å². The molecule has 0 aromatic carbocycles. The molecule has 1 fully saturated rings. The minimum absolute atomic E-state index is 0.0170. The topological polar surface area (TPSA) is 88.7 Å². The summed E-state index contributed by atoms with van der Waals surface area (Å²) in [5.74, 6) is 0.0977. The van der Waals surface area contributed by atoms with Crippen molar-refractivity contribution in [2.24, 2.45) is 0 Å². The summed E-state index contributed by atoms with van der Waals surface area (Å²) in [4.78, 5) is 18.3. The van der Waals surface area contributed by atoms with E-state index in [4.69, 9.17) is 10.5 Å². The van der Waals surface area contributed by atoms with Crippen LogP contribution in [-0.2, 0) is 4.74 Å². The molecular formula is C15H23N3O3. The minimum atomic E-state index is -0.455. The lowest BCUT2D eigenvalue weighted by Crippen LogP contribution is -2.40. The van der Waals surface area contributed by atoms with Gasteiger partial charge in [-0.1, -0.05) is 19.3 Å². The number of hydrogen-bond donors (Lipinski definition) is 2. The van der Waals surface area contributed by atoms with Crippen LogP contribution in [0.4, 0.5) is 11.5 Å². The predicted molar refractivity (Wildman–Crippen MR) is 81.3 cm³/mol. The second kappa shape index (κ2) is 7.26. The van der Waals surface area contributed by atoms with Gasteiger partial charge in [-0.3, -0.25) is 0 Å². The largest absolute Gasteiger partial charge is 0.465 e. The molecule has 6 heteroatoms. The van der Waals surface area contributed by atoms with Crippen LogP contribution in [0.15, 0.2) is 12.3 Å². The molecule has 21 heavy (non-hydrogen) atoms. The molecule has 1 heterocycles. The highest BCUT2D eigenvalue weighted by atomic mass is 16.5. The predicted octanol–water partition coefficient (Wildman–Crippen LogP) is 1.58. The van der Waals surface area contributed by atoms with Crippen molar-refractivity contribution in [1.82, 2.24) is 4.98 Å². The van der Waals surface area contributed by atoms with Crippen molar-refractivity contribution >= 4 is 17.5 Å². The number of anilines is 2. The van der Waals surface area contributed by atoms with Crippen molar-refractivity contribution in [2.75, 3.05) is 30.9 Å². The van der Waals surface area contributed by atoms with Crippen molar-refractivity contribution in [2.45, 2.75) is 38.1 Å². The van der Waals surface area contributed by atoms with Crippen molar-refractivity contribution in [3.05, 3.63) is 17.8 Å². The maximum atomic E-state index is 12.0. The number of hydrogen-bond acceptors (Lipinski definition) is 6. The van der Waals surface area contributed by atoms with Gasteiger partial charge in [-0.2, -0.15) is 0 Å². The van der Waals surface area contributed by atoms with Gasteiger partial charge in [-0.25, -0.2) is 9.78 Å². The molecular weight excluding hydrogens is 270 g/mol. The van der Waals surface area contributed by atoms with Gasteiger partial charge in [0, 0.05) is 12.6 Å². The highest BCUT2D eigenvalue weighted by Crippen LogP contribution is 2.29. The summed E-state index contributed by atoms with van der Waals surface area (Å²) in [6, 6.07) is 1.88. The smallest absolute Gasteiger partial charge is 0.341 e. The van der Waals surface area contributed by atoms with Gasteiger partial charge in [0.15, 0.2) is 0 Å². The Bertz CT molecular complexity index is 487. The lowest BCUT2D eigenvalue weighted by Gasteiger charge is -2.35. The van der Waals surface area contributed by atoms with Crippen LogP contribution in [-0.4, -0.2) is 42.4 Å². The zero-order chi connectivity index (χ0) is 15.2. The molecule has 0 unspecified atom stereocenters. The molecule has 0 aliphatic heterocycles. The lowest BCUT2D eigenvalue weighted by molar-refractivity contribution is 0.0600. The fourth-order valence-corrected chi connectivity index (χ4v) is 2.92. The summed E-state index contributed by atoms with van der Waals surface area (Å²) < 4.78 is 4.82. The quantitative estimate of drug-likeness (QED) is 0.801. The molecule has 0 radical (unpaired) electrons. The number of rotatable bonds is 5. The van der Waals surface area contributed by atoms with Crippen molar-refractivity contribution in [3.8, 4) is 0 Å². The maximum absolute atomic E-state index is 12.0. The molecule has 1 aromatic rings. The molecule has 6 nitrogen and oxygen atoms in total. The van der Waals surface area contributed by atoms with E-state index in [0.717, 1.165) is 25.7 Å². The number of aliphatic hydroxyl groups is 1. The number of methoxy groups -OCH3 is 1. The van der Waals surface area contributed by atoms with Crippen LogP contribution < -0.4 is 10.6 Å². The molecule has 3 N–H and O–H groups in total. The first-order valence-corrected chi connectivity index (χ1v) is 7.38. The summed E-state index contributed by atoms with van der Waals surface area (Å²) in [7, 11) is 1.34. The van der Waals surface area contributed by atoms with Gasteiger partial charge >= 0.3 is 5.97 Å². The fraction of sp³-hybridized carbons (Fsp3) is 0.600. The van der Waals surface area contributed by atoms with Crippen LogP contribution in [0.25, 0.3) is 0 Å². The molecule has 116 valence electrons. The molecule has 2 rings (SSSR count). The molecule has 1 aliphatic carbocycles. The summed E-state index contributed by atoms with van der Waals surface area (Å²) >= 11 is 0. The summed E-state index contributed by atoms with van der Waals surface area (Å²) in [6.07, 6.45) is 7.20. The van der Waals surface area contributed by atoms with Crippen LogP contribution in [0.1, 0.15) is 42.5 Å². The molecule has 0 saturated heterocycles. The minimum Gasteiger partial charge on any atom is -0.465 e. The number of nitrogen functional groups attached to an aromatic ring is 1. The van der Waals surface area contributed by atoms with Crippen molar-refractivity contribution < 1.29 is 14.6 Å². The number of nitrogens with zero attached hydrogens (tertiary/aromatic N) is 2. The number of carbonyl (C=O) groups is 1. The van der Waals surface area contributed by atoms with Crippen LogP contribution in [0, 0.1) is 0 Å². The Morgan fingerprint density at radius 2 is 2.19 bits per heavy atom. The second-order valence-corrected chi connectivity index (χ2v) is 5.34. The number of carbonyl (C=O) groups excluding carboxylic acids is 1. The van der Waals surface area contributed by atoms with Crippen LogP contribution in [0.2, 0.25) is 0 Å². The van der Waals surface area contributed by atoms with E-state index in [1.807, 2.05) is 4.90 Å². The van der Waals surface area contributed by atoms with E-state index in [0.29, 0.717) is 29.7 Å². The van der Waals surface area contributed by atoms with Gasteiger partial charge in [0.1, 0.15) is 11.4 Å². The van der Waals surface area contributed by atoms with Gasteiger partial charge in [0.25, 0.3) is 0 Å². The molecule has 0 bridgehead atoms. The van der Waals surface area contributed by atoms with Crippen molar-refractivity contribution in [3.63, 3.8) is 0 Å². The average molecular weight is 293 g/mol. The Kier molecular flexibility index (Phi) is 5.38. The van der Waals surface area contributed by atoms with E-state index in [9.17, 15) is 9.90 Å². The van der Waals surface area contributed by atoms with Crippen molar-refractivity contribution in [1.29, 1.82) is 0 Å². The van der Waals surface area contributed by atoms with Crippen LogP contribution in [0.5, 0.6) is 0 Å². The first kappa shape index (κ1) is 15.6. The molecule has 0 atom stereocenters. The third-order valence-electron chi connectivity index (χ3n) is 3.92. The Morgan fingerprint density at radius 3 is 2.81 bits per heavy atom. The van der Waals surface area contributed by atoms with Gasteiger partial charge in [-0.05, 0) is 18.9 Å². The first-order chi connectivity index (χ1) is 10.2. The Hall–Kier alpha value is -1.82. The first-order valence-electron chi connectivity index (χ1n) is 7.38. The molecule has 1 aromatic heterocycles. The SMILES string of the molecule is COC(=O)c1cc(N)cnc1N(CCO)C1CCCCC1. The highest BCUT2D eigenvalue weighted by molar-refractivity contribution is 5.95. The molecule has 0 amide bonds. The normalized spacial score (nSPS) is 15.7. The van der Waals surface area contributed by atoms with E-state index < -0.39 is 5.97 Å². The number of pyridine rings is 1. The van der Waals surface area contributed by atoms with Gasteiger partial charge in [0.2, 0.25) is 0 Å². The summed E-state index contributed by atoms with van der Waals surface area (Å²) in [6.45, 7) is 0.467. The zero-order valence-corrected chi connectivity index (χ0v) is 12.4. The number of nitrogens with two attached hydrogens (primary N) is 1. The number of esters is 1. The Labute approximate surface area is 124 Å². The molecule has 0 spiro atoms. The summed E-state index contributed by atoms with van der Waals surface area (Å²) in [5.41, 5.74) is 6.52. The fourth-order valence-electron chi connectivity index (χ4n) is 2.92. The maximum Gasteiger partial charge on any atom is 0.341 e. The van der Waals surface area contributed by atoms with Crippen LogP contribution in [0.3, 0.4) is 0 Å². The zero-order valence-electron chi connectivity index (χ0n) is 12.4. The standard InChI is InChI=1S/C15H23N3O3/c1-21-15(20)13-9-11(16)10-17-14(13)18(7-8-19)12-5-3-2-4-6-12/h9-10,12,19H,2-8,16H2,1H3. The van der Waals surface area contributed by atoms with Gasteiger partial charge in [0.05, 0.1) is 25.6 Å². The third-order valence-corrected chi connectivity index (χ3v) is 3.92. The van der Waals surface area contributed by atoms with E-state index in [1.54, 1.807) is 6.07 Å². The highest BCUT2D eigenvalue weighted by Gasteiger charge is 2.26. The van der Waals surface area contributed by atoms with Gasteiger partial charge < -0.3 is 20.5 Å². The van der Waals surface area contributed by atoms with Gasteiger partial charge in [-0.15, -0.1) is 0 Å². The number of aromatic nitrogens is 1. The summed E-state index contributed by atoms with van der Waals surface area (Å²) in [5, 5.41) is 9.36. The number of aliphatic hydroxyl groups excluding tert-OH is 1. The number of ether oxygens (including phenoxy) is 1. The van der Waals surface area contributed by atoms with E-state index in [1.165, 1.54) is 19.7 Å². The lowest BCUT2D eigenvalue weighted by atomic mass is 9.94. The Morgan fingerprint density at radius 1 is 1.48 bits per heavy atom. The Balaban J connectivity index is 2.36.